The van der Waals surface area contributed by atoms with Gasteiger partial charge in [0.25, 0.3) is 0 Å². The highest BCUT2D eigenvalue weighted by Crippen LogP contribution is 2.01. The largest absolute Gasteiger partial charge is 0.295 e. The SMILES string of the molecule is ClCCN(CCCl)Cc1ccccn1. The van der Waals surface area contributed by atoms with Crippen molar-refractivity contribution in [2.75, 3.05) is 24.8 Å². The Morgan fingerprint density at radius 1 is 1.14 bits per heavy atom. The second-order valence-corrected chi connectivity index (χ2v) is 3.73. The summed E-state index contributed by atoms with van der Waals surface area (Å²) in [6.45, 7) is 2.52. The Bertz CT molecular complexity index is 235. The smallest absolute Gasteiger partial charge is 0.0543 e. The van der Waals surface area contributed by atoms with Crippen LogP contribution in [0.2, 0.25) is 0 Å². The van der Waals surface area contributed by atoms with E-state index in [1.165, 1.54) is 0 Å². The molecule has 0 radical (unpaired) electrons. The molecule has 0 fully saturated rings. The minimum atomic E-state index is 0.629. The maximum Gasteiger partial charge on any atom is 0.0543 e. The lowest BCUT2D eigenvalue weighted by Crippen LogP contribution is -2.27. The van der Waals surface area contributed by atoms with E-state index in [1.54, 1.807) is 6.20 Å². The van der Waals surface area contributed by atoms with Crippen molar-refractivity contribution in [3.63, 3.8) is 0 Å². The maximum absolute atomic E-state index is 5.69. The summed E-state index contributed by atoms with van der Waals surface area (Å²) in [5.41, 5.74) is 1.06. The van der Waals surface area contributed by atoms with Gasteiger partial charge < -0.3 is 0 Å². The van der Waals surface area contributed by atoms with Crippen molar-refractivity contribution in [3.8, 4) is 0 Å². The summed E-state index contributed by atoms with van der Waals surface area (Å²) >= 11 is 11.4. The van der Waals surface area contributed by atoms with E-state index in [-0.39, 0.29) is 0 Å². The highest BCUT2D eigenvalue weighted by atomic mass is 35.5. The zero-order chi connectivity index (χ0) is 10.2. The first kappa shape index (κ1) is 11.8. The van der Waals surface area contributed by atoms with Crippen molar-refractivity contribution in [1.82, 2.24) is 9.88 Å². The van der Waals surface area contributed by atoms with Crippen LogP contribution in [0.1, 0.15) is 5.69 Å². The van der Waals surface area contributed by atoms with Gasteiger partial charge in [-0.2, -0.15) is 0 Å². The van der Waals surface area contributed by atoms with E-state index in [9.17, 15) is 0 Å². The third-order valence-corrected chi connectivity index (χ3v) is 2.25. The summed E-state index contributed by atoms with van der Waals surface area (Å²) in [4.78, 5) is 6.45. The van der Waals surface area contributed by atoms with Gasteiger partial charge in [-0.1, -0.05) is 6.07 Å². The lowest BCUT2D eigenvalue weighted by molar-refractivity contribution is 0.296. The minimum Gasteiger partial charge on any atom is -0.295 e. The second kappa shape index (κ2) is 7.04. The van der Waals surface area contributed by atoms with Crippen molar-refractivity contribution >= 4 is 23.2 Å². The van der Waals surface area contributed by atoms with E-state index in [0.29, 0.717) is 11.8 Å². The summed E-state index contributed by atoms with van der Waals surface area (Å²) in [5, 5.41) is 0. The van der Waals surface area contributed by atoms with Crippen molar-refractivity contribution in [1.29, 1.82) is 0 Å². The van der Waals surface area contributed by atoms with E-state index in [2.05, 4.69) is 9.88 Å². The number of rotatable bonds is 6. The number of pyridine rings is 1. The van der Waals surface area contributed by atoms with Crippen LogP contribution in [0.5, 0.6) is 0 Å². The lowest BCUT2D eigenvalue weighted by Gasteiger charge is -2.19. The molecule has 0 aliphatic carbocycles. The van der Waals surface area contributed by atoms with Crippen LogP contribution in [-0.4, -0.2) is 34.7 Å². The summed E-state index contributed by atoms with van der Waals surface area (Å²) < 4.78 is 0. The van der Waals surface area contributed by atoms with E-state index in [0.717, 1.165) is 25.3 Å². The maximum atomic E-state index is 5.69. The Balaban J connectivity index is 2.46. The van der Waals surface area contributed by atoms with Crippen LogP contribution in [0.15, 0.2) is 24.4 Å². The molecular weight excluding hydrogens is 219 g/mol. The van der Waals surface area contributed by atoms with Gasteiger partial charge in [0.2, 0.25) is 0 Å². The van der Waals surface area contributed by atoms with Crippen LogP contribution < -0.4 is 0 Å². The molecule has 0 aromatic carbocycles. The zero-order valence-electron chi connectivity index (χ0n) is 8.00. The number of nitrogens with zero attached hydrogens (tertiary/aromatic N) is 2. The first-order valence-electron chi connectivity index (χ1n) is 4.61. The molecule has 4 heteroatoms. The molecule has 0 bridgehead atoms. The fourth-order valence-corrected chi connectivity index (χ4v) is 1.71. The molecule has 0 N–H and O–H groups in total. The monoisotopic (exact) mass is 232 g/mol. The number of halogens is 2. The quantitative estimate of drug-likeness (QED) is 0.701. The molecule has 78 valence electrons. The van der Waals surface area contributed by atoms with Crippen LogP contribution >= 0.6 is 23.2 Å². The average Bonchev–Trinajstić information content (AvgIpc) is 2.20. The summed E-state index contributed by atoms with van der Waals surface area (Å²) in [6.07, 6.45) is 1.80. The molecule has 0 aliphatic heterocycles. The Morgan fingerprint density at radius 3 is 2.36 bits per heavy atom. The molecular formula is C10H14Cl2N2. The van der Waals surface area contributed by atoms with Gasteiger partial charge in [0.05, 0.1) is 5.69 Å². The van der Waals surface area contributed by atoms with Gasteiger partial charge in [-0.15, -0.1) is 23.2 Å². The number of hydrogen-bond donors (Lipinski definition) is 0. The van der Waals surface area contributed by atoms with Crippen LogP contribution in [0, 0.1) is 0 Å². The van der Waals surface area contributed by atoms with E-state index >= 15 is 0 Å². The summed E-state index contributed by atoms with van der Waals surface area (Å²) in [5.74, 6) is 1.26. The first-order valence-corrected chi connectivity index (χ1v) is 5.68. The fraction of sp³-hybridized carbons (Fsp3) is 0.500. The highest BCUT2D eigenvalue weighted by molar-refractivity contribution is 6.18. The van der Waals surface area contributed by atoms with E-state index in [4.69, 9.17) is 23.2 Å². The minimum absolute atomic E-state index is 0.629. The fourth-order valence-electron chi connectivity index (χ4n) is 1.23. The van der Waals surface area contributed by atoms with Crippen molar-refractivity contribution < 1.29 is 0 Å². The molecule has 1 rings (SSSR count). The molecule has 0 aliphatic rings. The molecule has 0 saturated carbocycles. The topological polar surface area (TPSA) is 16.1 Å². The van der Waals surface area contributed by atoms with Gasteiger partial charge >= 0.3 is 0 Å². The molecule has 0 spiro atoms. The molecule has 0 saturated heterocycles. The average molecular weight is 233 g/mol. The van der Waals surface area contributed by atoms with Crippen LogP contribution in [-0.2, 0) is 6.54 Å². The Labute approximate surface area is 94.8 Å². The summed E-state index contributed by atoms with van der Waals surface area (Å²) in [7, 11) is 0. The molecule has 0 unspecified atom stereocenters. The van der Waals surface area contributed by atoms with Gasteiger partial charge in [-0.3, -0.25) is 9.88 Å². The standard InChI is InChI=1S/C10H14Cl2N2/c11-4-7-14(8-5-12)9-10-3-1-2-6-13-10/h1-3,6H,4-5,7-9H2. The molecule has 14 heavy (non-hydrogen) atoms. The highest BCUT2D eigenvalue weighted by Gasteiger charge is 2.04. The van der Waals surface area contributed by atoms with Gasteiger partial charge in [-0.05, 0) is 12.1 Å². The zero-order valence-corrected chi connectivity index (χ0v) is 9.51. The van der Waals surface area contributed by atoms with Crippen molar-refractivity contribution in [2.45, 2.75) is 6.54 Å². The number of aromatic nitrogens is 1. The molecule has 2 nitrogen and oxygen atoms in total. The number of alkyl halides is 2. The molecule has 0 amide bonds. The van der Waals surface area contributed by atoms with E-state index in [1.807, 2.05) is 18.2 Å². The van der Waals surface area contributed by atoms with E-state index < -0.39 is 0 Å². The van der Waals surface area contributed by atoms with Gasteiger partial charge in [-0.25, -0.2) is 0 Å². The lowest BCUT2D eigenvalue weighted by atomic mass is 10.3. The van der Waals surface area contributed by atoms with Gasteiger partial charge in [0.15, 0.2) is 0 Å². The predicted molar refractivity (Wildman–Crippen MR) is 61.0 cm³/mol. The van der Waals surface area contributed by atoms with Crippen molar-refractivity contribution in [3.05, 3.63) is 30.1 Å². The number of hydrogen-bond acceptors (Lipinski definition) is 2. The first-order chi connectivity index (χ1) is 6.86. The molecule has 0 atom stereocenters. The Morgan fingerprint density at radius 2 is 1.86 bits per heavy atom. The van der Waals surface area contributed by atoms with Crippen LogP contribution in [0.3, 0.4) is 0 Å². The Hall–Kier alpha value is -0.310. The molecule has 1 aromatic heterocycles. The molecule has 1 heterocycles. The third-order valence-electron chi connectivity index (χ3n) is 1.91. The normalized spacial score (nSPS) is 10.8. The second-order valence-electron chi connectivity index (χ2n) is 2.98. The molecule has 1 aromatic rings. The predicted octanol–water partition coefficient (Wildman–Crippen LogP) is 2.36. The van der Waals surface area contributed by atoms with Gasteiger partial charge in [0.1, 0.15) is 0 Å². The van der Waals surface area contributed by atoms with Crippen LogP contribution in [0.4, 0.5) is 0 Å². The Kier molecular flexibility index (Phi) is 5.92. The third kappa shape index (κ3) is 4.27. The summed E-state index contributed by atoms with van der Waals surface area (Å²) in [6, 6.07) is 5.91. The van der Waals surface area contributed by atoms with Gasteiger partial charge in [0, 0.05) is 37.6 Å². The van der Waals surface area contributed by atoms with Crippen LogP contribution in [0.25, 0.3) is 0 Å². The van der Waals surface area contributed by atoms with Crippen molar-refractivity contribution in [2.24, 2.45) is 0 Å².